The normalized spacial score (nSPS) is 13.8. The molecule has 0 fully saturated rings. The first-order chi connectivity index (χ1) is 9.67. The Morgan fingerprint density at radius 3 is 2.40 bits per heavy atom. The third-order valence-electron chi connectivity index (χ3n) is 3.57. The number of methoxy groups -OCH3 is 1. The molecule has 0 saturated carbocycles. The minimum Gasteiger partial charge on any atom is -0.495 e. The molecular formula is C17H19ClO2. The van der Waals surface area contributed by atoms with E-state index in [1.165, 1.54) is 0 Å². The van der Waals surface area contributed by atoms with Gasteiger partial charge < -0.3 is 9.84 Å². The smallest absolute Gasteiger partial charge is 0.137 e. The fourth-order valence-corrected chi connectivity index (χ4v) is 2.63. The zero-order valence-electron chi connectivity index (χ0n) is 11.7. The lowest BCUT2D eigenvalue weighted by Gasteiger charge is -2.23. The highest BCUT2D eigenvalue weighted by Gasteiger charge is 2.21. The molecule has 0 heterocycles. The molecule has 3 heteroatoms. The van der Waals surface area contributed by atoms with Crippen LogP contribution in [0.1, 0.15) is 36.5 Å². The molecule has 2 atom stereocenters. The van der Waals surface area contributed by atoms with Crippen LogP contribution in [0.4, 0.5) is 0 Å². The van der Waals surface area contributed by atoms with Gasteiger partial charge in [-0.3, -0.25) is 0 Å². The summed E-state index contributed by atoms with van der Waals surface area (Å²) < 4.78 is 5.21. The SMILES string of the molecule is CCC(c1ccccc1)C(O)c1ccc(Cl)c(OC)c1. The zero-order valence-corrected chi connectivity index (χ0v) is 12.5. The van der Waals surface area contributed by atoms with E-state index in [1.54, 1.807) is 19.2 Å². The molecule has 0 amide bonds. The molecule has 1 N–H and O–H groups in total. The lowest BCUT2D eigenvalue weighted by molar-refractivity contribution is 0.142. The van der Waals surface area contributed by atoms with E-state index in [9.17, 15) is 5.11 Å². The van der Waals surface area contributed by atoms with Crippen molar-refractivity contribution in [1.82, 2.24) is 0 Å². The number of aliphatic hydroxyl groups excluding tert-OH is 1. The Bertz CT molecular complexity index is 554. The minimum absolute atomic E-state index is 0.0575. The molecule has 20 heavy (non-hydrogen) atoms. The summed E-state index contributed by atoms with van der Waals surface area (Å²) >= 11 is 6.02. The van der Waals surface area contributed by atoms with Crippen molar-refractivity contribution in [3.05, 3.63) is 64.7 Å². The fraction of sp³-hybridized carbons (Fsp3) is 0.294. The van der Waals surface area contributed by atoms with Crippen molar-refractivity contribution in [3.8, 4) is 5.75 Å². The van der Waals surface area contributed by atoms with Crippen molar-refractivity contribution in [3.63, 3.8) is 0 Å². The predicted molar refractivity (Wildman–Crippen MR) is 82.4 cm³/mol. The van der Waals surface area contributed by atoms with Gasteiger partial charge in [-0.2, -0.15) is 0 Å². The van der Waals surface area contributed by atoms with Crippen LogP contribution in [0.5, 0.6) is 5.75 Å². The van der Waals surface area contributed by atoms with Crippen LogP contribution < -0.4 is 4.74 Å². The van der Waals surface area contributed by atoms with Gasteiger partial charge in [-0.15, -0.1) is 0 Å². The molecular weight excluding hydrogens is 272 g/mol. The number of halogens is 1. The summed E-state index contributed by atoms with van der Waals surface area (Å²) in [6.07, 6.45) is 0.282. The molecule has 0 aromatic heterocycles. The van der Waals surface area contributed by atoms with Crippen molar-refractivity contribution in [2.24, 2.45) is 0 Å². The van der Waals surface area contributed by atoms with Gasteiger partial charge in [0.05, 0.1) is 18.2 Å². The van der Waals surface area contributed by atoms with Gasteiger partial charge in [-0.05, 0) is 29.7 Å². The second kappa shape index (κ2) is 6.78. The number of benzene rings is 2. The summed E-state index contributed by atoms with van der Waals surface area (Å²) in [7, 11) is 1.58. The third-order valence-corrected chi connectivity index (χ3v) is 3.88. The monoisotopic (exact) mass is 290 g/mol. The predicted octanol–water partition coefficient (Wildman–Crippen LogP) is 4.58. The Labute approximate surface area is 125 Å². The number of hydrogen-bond donors (Lipinski definition) is 1. The van der Waals surface area contributed by atoms with Crippen LogP contribution in [0.3, 0.4) is 0 Å². The van der Waals surface area contributed by atoms with E-state index in [-0.39, 0.29) is 5.92 Å². The second-order valence-electron chi connectivity index (χ2n) is 4.76. The topological polar surface area (TPSA) is 29.5 Å². The second-order valence-corrected chi connectivity index (χ2v) is 5.17. The number of ether oxygens (including phenoxy) is 1. The molecule has 2 nitrogen and oxygen atoms in total. The number of aliphatic hydroxyl groups is 1. The van der Waals surface area contributed by atoms with Crippen molar-refractivity contribution in [2.45, 2.75) is 25.4 Å². The number of hydrogen-bond acceptors (Lipinski definition) is 2. The van der Waals surface area contributed by atoms with Crippen LogP contribution in [-0.2, 0) is 0 Å². The van der Waals surface area contributed by atoms with E-state index in [0.29, 0.717) is 10.8 Å². The van der Waals surface area contributed by atoms with Gasteiger partial charge in [-0.1, -0.05) is 54.9 Å². The Kier molecular flexibility index (Phi) is 5.05. The quantitative estimate of drug-likeness (QED) is 0.873. The Hall–Kier alpha value is -1.51. The molecule has 0 bridgehead atoms. The molecule has 0 aliphatic rings. The van der Waals surface area contributed by atoms with Gasteiger partial charge >= 0.3 is 0 Å². The molecule has 2 unspecified atom stereocenters. The summed E-state index contributed by atoms with van der Waals surface area (Å²) in [6.45, 7) is 2.08. The maximum atomic E-state index is 10.6. The molecule has 106 valence electrons. The van der Waals surface area contributed by atoms with Gasteiger partial charge in [-0.25, -0.2) is 0 Å². The van der Waals surface area contributed by atoms with Crippen LogP contribution in [0, 0.1) is 0 Å². The maximum Gasteiger partial charge on any atom is 0.137 e. The van der Waals surface area contributed by atoms with Crippen molar-refractivity contribution < 1.29 is 9.84 Å². The maximum absolute atomic E-state index is 10.6. The summed E-state index contributed by atoms with van der Waals surface area (Å²) in [5.41, 5.74) is 1.96. The van der Waals surface area contributed by atoms with E-state index in [1.807, 2.05) is 36.4 Å². The molecule has 0 aliphatic heterocycles. The first-order valence-electron chi connectivity index (χ1n) is 6.73. The van der Waals surface area contributed by atoms with Crippen LogP contribution in [0.2, 0.25) is 5.02 Å². The van der Waals surface area contributed by atoms with Crippen molar-refractivity contribution in [2.75, 3.05) is 7.11 Å². The Morgan fingerprint density at radius 2 is 1.80 bits per heavy atom. The van der Waals surface area contributed by atoms with Crippen LogP contribution >= 0.6 is 11.6 Å². The van der Waals surface area contributed by atoms with Crippen LogP contribution in [0.15, 0.2) is 48.5 Å². The molecule has 0 saturated heterocycles. The summed E-state index contributed by atoms with van der Waals surface area (Å²) in [4.78, 5) is 0. The molecule has 0 spiro atoms. The lowest BCUT2D eigenvalue weighted by atomic mass is 9.87. The molecule has 2 aromatic carbocycles. The third kappa shape index (κ3) is 3.14. The van der Waals surface area contributed by atoms with Gasteiger partial charge in [0.25, 0.3) is 0 Å². The Balaban J connectivity index is 2.31. The standard InChI is InChI=1S/C17H19ClO2/c1-3-14(12-7-5-4-6-8-12)17(19)13-9-10-15(18)16(11-13)20-2/h4-11,14,17,19H,3H2,1-2H3. The van der Waals surface area contributed by atoms with E-state index in [4.69, 9.17) is 16.3 Å². The highest BCUT2D eigenvalue weighted by atomic mass is 35.5. The molecule has 0 radical (unpaired) electrons. The number of rotatable bonds is 5. The summed E-state index contributed by atoms with van der Waals surface area (Å²) in [5, 5.41) is 11.2. The minimum atomic E-state index is -0.575. The fourth-order valence-electron chi connectivity index (χ4n) is 2.43. The average molecular weight is 291 g/mol. The molecule has 2 aromatic rings. The molecule has 2 rings (SSSR count). The van der Waals surface area contributed by atoms with Gasteiger partial charge in [0.15, 0.2) is 0 Å². The van der Waals surface area contributed by atoms with Crippen LogP contribution in [0.25, 0.3) is 0 Å². The van der Waals surface area contributed by atoms with Gasteiger partial charge in [0.1, 0.15) is 5.75 Å². The highest BCUT2D eigenvalue weighted by Crippen LogP contribution is 2.36. The van der Waals surface area contributed by atoms with E-state index in [0.717, 1.165) is 17.5 Å². The van der Waals surface area contributed by atoms with Gasteiger partial charge in [0.2, 0.25) is 0 Å². The van der Waals surface area contributed by atoms with Gasteiger partial charge in [0, 0.05) is 5.92 Å². The van der Waals surface area contributed by atoms with E-state index < -0.39 is 6.10 Å². The van der Waals surface area contributed by atoms with E-state index in [2.05, 4.69) is 6.92 Å². The van der Waals surface area contributed by atoms with Crippen molar-refractivity contribution >= 4 is 11.6 Å². The highest BCUT2D eigenvalue weighted by molar-refractivity contribution is 6.32. The summed E-state index contributed by atoms with van der Waals surface area (Å²) in [6, 6.07) is 15.5. The molecule has 0 aliphatic carbocycles. The largest absolute Gasteiger partial charge is 0.495 e. The zero-order chi connectivity index (χ0) is 14.5. The lowest BCUT2D eigenvalue weighted by Crippen LogP contribution is -2.10. The first-order valence-corrected chi connectivity index (χ1v) is 7.11. The van der Waals surface area contributed by atoms with Crippen LogP contribution in [-0.4, -0.2) is 12.2 Å². The Morgan fingerprint density at radius 1 is 1.10 bits per heavy atom. The van der Waals surface area contributed by atoms with E-state index >= 15 is 0 Å². The average Bonchev–Trinajstić information content (AvgIpc) is 2.49. The first kappa shape index (κ1) is 14.9. The summed E-state index contributed by atoms with van der Waals surface area (Å²) in [5.74, 6) is 0.646. The van der Waals surface area contributed by atoms with Crippen molar-refractivity contribution in [1.29, 1.82) is 0 Å².